The summed E-state index contributed by atoms with van der Waals surface area (Å²) in [6.07, 6.45) is 0.220. The number of halogens is 2. The van der Waals surface area contributed by atoms with Crippen molar-refractivity contribution >= 4 is 17.7 Å². The number of rotatable bonds is 7. The number of alkyl halides is 2. The molecule has 0 heterocycles. The van der Waals surface area contributed by atoms with Gasteiger partial charge in [-0.1, -0.05) is 18.7 Å². The summed E-state index contributed by atoms with van der Waals surface area (Å²) in [5.41, 5.74) is 0.438. The summed E-state index contributed by atoms with van der Waals surface area (Å²) in [5, 5.41) is 12.0. The topological polar surface area (TPSA) is 49.3 Å². The van der Waals surface area contributed by atoms with E-state index in [0.717, 1.165) is 0 Å². The van der Waals surface area contributed by atoms with E-state index in [-0.39, 0.29) is 11.8 Å². The number of aliphatic hydroxyl groups excluding tert-OH is 1. The molecule has 20 heavy (non-hydrogen) atoms. The third kappa shape index (κ3) is 6.34. The quantitative estimate of drug-likeness (QED) is 0.761. The van der Waals surface area contributed by atoms with Crippen LogP contribution in [0.25, 0.3) is 0 Å². The molecule has 0 spiro atoms. The van der Waals surface area contributed by atoms with Crippen LogP contribution in [0.4, 0.5) is 8.78 Å². The van der Waals surface area contributed by atoms with Gasteiger partial charge in [0.1, 0.15) is 0 Å². The maximum absolute atomic E-state index is 12.2. The predicted molar refractivity (Wildman–Crippen MR) is 76.1 cm³/mol. The number of thioether (sulfide) groups is 1. The summed E-state index contributed by atoms with van der Waals surface area (Å²) < 4.78 is 24.3. The number of aliphatic hydroxyl groups is 1. The Morgan fingerprint density at radius 1 is 1.30 bits per heavy atom. The van der Waals surface area contributed by atoms with Crippen molar-refractivity contribution in [3.8, 4) is 0 Å². The first kappa shape index (κ1) is 16.9. The second-order valence-corrected chi connectivity index (χ2v) is 5.87. The average molecular weight is 303 g/mol. The highest BCUT2D eigenvalue weighted by molar-refractivity contribution is 7.99. The minimum Gasteiger partial charge on any atom is -0.393 e. The van der Waals surface area contributed by atoms with Gasteiger partial charge in [-0.3, -0.25) is 4.79 Å². The molecule has 0 aliphatic carbocycles. The van der Waals surface area contributed by atoms with E-state index in [4.69, 9.17) is 0 Å². The molecule has 0 fully saturated rings. The largest absolute Gasteiger partial charge is 0.393 e. The zero-order valence-electron chi connectivity index (χ0n) is 11.5. The van der Waals surface area contributed by atoms with Crippen LogP contribution in [0, 0.1) is 5.92 Å². The van der Waals surface area contributed by atoms with Crippen LogP contribution < -0.4 is 5.32 Å². The maximum atomic E-state index is 12.2. The summed E-state index contributed by atoms with van der Waals surface area (Å²) in [6.45, 7) is 4.12. The number of hydrogen-bond acceptors (Lipinski definition) is 3. The van der Waals surface area contributed by atoms with E-state index in [9.17, 15) is 18.7 Å². The Bertz CT molecular complexity index is 424. The molecule has 0 aliphatic rings. The molecule has 0 saturated heterocycles. The molecule has 2 unspecified atom stereocenters. The molecule has 1 rings (SSSR count). The van der Waals surface area contributed by atoms with E-state index >= 15 is 0 Å². The summed E-state index contributed by atoms with van der Waals surface area (Å²) in [6, 6.07) is 6.06. The van der Waals surface area contributed by atoms with Crippen molar-refractivity contribution in [3.05, 3.63) is 29.8 Å². The fourth-order valence-electron chi connectivity index (χ4n) is 1.82. The lowest BCUT2D eigenvalue weighted by atomic mass is 10.0. The van der Waals surface area contributed by atoms with Crippen LogP contribution in [-0.2, 0) is 0 Å². The Morgan fingerprint density at radius 3 is 2.40 bits per heavy atom. The van der Waals surface area contributed by atoms with Crippen LogP contribution in [0.1, 0.15) is 30.6 Å². The minimum atomic E-state index is -2.46. The van der Waals surface area contributed by atoms with Crippen molar-refractivity contribution in [2.45, 2.75) is 37.0 Å². The van der Waals surface area contributed by atoms with Crippen molar-refractivity contribution in [1.82, 2.24) is 5.32 Å². The highest BCUT2D eigenvalue weighted by atomic mass is 32.2. The van der Waals surface area contributed by atoms with Gasteiger partial charge in [-0.25, -0.2) is 0 Å². The molecule has 2 N–H and O–H groups in total. The van der Waals surface area contributed by atoms with Crippen molar-refractivity contribution in [2.24, 2.45) is 5.92 Å². The lowest BCUT2D eigenvalue weighted by molar-refractivity contribution is 0.0939. The van der Waals surface area contributed by atoms with Crippen molar-refractivity contribution in [2.75, 3.05) is 6.54 Å². The van der Waals surface area contributed by atoms with Crippen LogP contribution >= 0.6 is 11.8 Å². The number of carbonyl (C=O) groups excluding carboxylic acids is 1. The second kappa shape index (κ2) is 8.21. The van der Waals surface area contributed by atoms with Crippen molar-refractivity contribution in [1.29, 1.82) is 0 Å². The molecule has 0 saturated carbocycles. The van der Waals surface area contributed by atoms with Gasteiger partial charge in [0, 0.05) is 17.0 Å². The predicted octanol–water partition coefficient (Wildman–Crippen LogP) is 3.14. The number of carbonyl (C=O) groups is 1. The van der Waals surface area contributed by atoms with Crippen LogP contribution in [0.15, 0.2) is 29.2 Å². The lowest BCUT2D eigenvalue weighted by Crippen LogP contribution is -2.29. The first-order chi connectivity index (χ1) is 9.38. The molecular formula is C14H19F2NO2S. The normalized spacial score (nSPS) is 14.1. The summed E-state index contributed by atoms with van der Waals surface area (Å²) in [7, 11) is 0. The first-order valence-electron chi connectivity index (χ1n) is 6.39. The Balaban J connectivity index is 2.47. The highest BCUT2D eigenvalue weighted by Crippen LogP contribution is 2.25. The number of benzene rings is 1. The zero-order chi connectivity index (χ0) is 15.1. The number of nitrogens with one attached hydrogen (secondary N) is 1. The van der Waals surface area contributed by atoms with E-state index in [1.54, 1.807) is 6.92 Å². The van der Waals surface area contributed by atoms with E-state index in [1.807, 2.05) is 6.92 Å². The van der Waals surface area contributed by atoms with Gasteiger partial charge in [0.2, 0.25) is 0 Å². The molecule has 0 bridgehead atoms. The standard InChI is InChI=1S/C14H19F2NO2S/c1-9(7-10(2)18)8-17-13(19)11-3-5-12(6-4-11)20-14(15)16/h3-6,9-10,14,18H,7-8H2,1-2H3,(H,17,19). The van der Waals surface area contributed by atoms with E-state index < -0.39 is 11.9 Å². The Hall–Kier alpha value is -1.14. The van der Waals surface area contributed by atoms with Crippen LogP contribution in [-0.4, -0.2) is 29.4 Å². The van der Waals surface area contributed by atoms with Gasteiger partial charge < -0.3 is 10.4 Å². The van der Waals surface area contributed by atoms with Crippen molar-refractivity contribution in [3.63, 3.8) is 0 Å². The first-order valence-corrected chi connectivity index (χ1v) is 7.27. The van der Waals surface area contributed by atoms with Gasteiger partial charge in [-0.05, 0) is 43.5 Å². The van der Waals surface area contributed by atoms with Crippen molar-refractivity contribution < 1.29 is 18.7 Å². The Kier molecular flexibility index (Phi) is 6.95. The summed E-state index contributed by atoms with van der Waals surface area (Å²) in [5.74, 6) is -2.53. The maximum Gasteiger partial charge on any atom is 0.288 e. The molecule has 0 aliphatic heterocycles. The third-order valence-corrected chi connectivity index (χ3v) is 3.42. The fraction of sp³-hybridized carbons (Fsp3) is 0.500. The molecular weight excluding hydrogens is 284 g/mol. The van der Waals surface area contributed by atoms with Crippen LogP contribution in [0.5, 0.6) is 0 Å². The van der Waals surface area contributed by atoms with E-state index in [2.05, 4.69) is 5.32 Å². The third-order valence-electron chi connectivity index (χ3n) is 2.70. The lowest BCUT2D eigenvalue weighted by Gasteiger charge is -2.14. The molecule has 6 heteroatoms. The number of hydrogen-bond donors (Lipinski definition) is 2. The summed E-state index contributed by atoms with van der Waals surface area (Å²) >= 11 is 0.451. The molecule has 1 amide bonds. The SMILES string of the molecule is CC(O)CC(C)CNC(=O)c1ccc(SC(F)F)cc1. The van der Waals surface area contributed by atoms with Gasteiger partial charge in [-0.15, -0.1) is 0 Å². The Morgan fingerprint density at radius 2 is 1.90 bits per heavy atom. The van der Waals surface area contributed by atoms with Gasteiger partial charge in [0.25, 0.3) is 11.7 Å². The molecule has 1 aromatic rings. The van der Waals surface area contributed by atoms with E-state index in [0.29, 0.717) is 35.2 Å². The molecule has 2 atom stereocenters. The van der Waals surface area contributed by atoms with Gasteiger partial charge in [0.15, 0.2) is 0 Å². The second-order valence-electron chi connectivity index (χ2n) is 4.80. The molecule has 112 valence electrons. The summed E-state index contributed by atoms with van der Waals surface area (Å²) in [4.78, 5) is 12.3. The van der Waals surface area contributed by atoms with Gasteiger partial charge >= 0.3 is 0 Å². The van der Waals surface area contributed by atoms with Crippen LogP contribution in [0.3, 0.4) is 0 Å². The molecule has 0 aromatic heterocycles. The van der Waals surface area contributed by atoms with Crippen LogP contribution in [0.2, 0.25) is 0 Å². The van der Waals surface area contributed by atoms with E-state index in [1.165, 1.54) is 24.3 Å². The smallest absolute Gasteiger partial charge is 0.288 e. The van der Waals surface area contributed by atoms with Gasteiger partial charge in [-0.2, -0.15) is 8.78 Å². The zero-order valence-corrected chi connectivity index (χ0v) is 12.3. The average Bonchev–Trinajstić information content (AvgIpc) is 2.35. The highest BCUT2D eigenvalue weighted by Gasteiger charge is 2.11. The molecule has 1 aromatic carbocycles. The molecule has 3 nitrogen and oxygen atoms in total. The molecule has 0 radical (unpaired) electrons. The number of amides is 1. The monoisotopic (exact) mass is 303 g/mol. The Labute approximate surface area is 121 Å². The fourth-order valence-corrected chi connectivity index (χ4v) is 2.32. The minimum absolute atomic E-state index is 0.174. The van der Waals surface area contributed by atoms with Gasteiger partial charge in [0.05, 0.1) is 6.10 Å².